The van der Waals surface area contributed by atoms with Gasteiger partial charge in [-0.05, 0) is 55.0 Å². The fourth-order valence-electron chi connectivity index (χ4n) is 3.27. The SMILES string of the molecule is O=C(CCCS(=O)(=O)c1ccc(F)cc1)Nc1ccccc1-c1nc2ccccc2[nH]1. The van der Waals surface area contributed by atoms with Gasteiger partial charge in [0.1, 0.15) is 11.6 Å². The lowest BCUT2D eigenvalue weighted by molar-refractivity contribution is -0.116. The smallest absolute Gasteiger partial charge is 0.224 e. The first-order valence-electron chi connectivity index (χ1n) is 9.75. The molecule has 31 heavy (non-hydrogen) atoms. The van der Waals surface area contributed by atoms with E-state index in [9.17, 15) is 17.6 Å². The molecule has 0 fully saturated rings. The summed E-state index contributed by atoms with van der Waals surface area (Å²) in [6, 6.07) is 19.6. The summed E-state index contributed by atoms with van der Waals surface area (Å²) in [5.41, 5.74) is 3.05. The first-order valence-corrected chi connectivity index (χ1v) is 11.4. The number of nitrogens with zero attached hydrogens (tertiary/aromatic N) is 1. The van der Waals surface area contributed by atoms with Crippen LogP contribution in [0.25, 0.3) is 22.4 Å². The van der Waals surface area contributed by atoms with Crippen molar-refractivity contribution in [2.45, 2.75) is 17.7 Å². The number of rotatable bonds is 7. The van der Waals surface area contributed by atoms with Gasteiger partial charge >= 0.3 is 0 Å². The highest BCUT2D eigenvalue weighted by atomic mass is 32.2. The van der Waals surface area contributed by atoms with E-state index in [0.29, 0.717) is 11.5 Å². The Morgan fingerprint density at radius 2 is 1.68 bits per heavy atom. The molecule has 4 aromatic rings. The molecule has 0 aliphatic rings. The predicted octanol–water partition coefficient (Wildman–Crippen LogP) is 4.56. The third kappa shape index (κ3) is 4.80. The van der Waals surface area contributed by atoms with Crippen LogP contribution < -0.4 is 5.32 Å². The molecule has 8 heteroatoms. The number of nitrogens with one attached hydrogen (secondary N) is 2. The van der Waals surface area contributed by atoms with Crippen LogP contribution in [0.2, 0.25) is 0 Å². The number of hydrogen-bond donors (Lipinski definition) is 2. The summed E-state index contributed by atoms with van der Waals surface area (Å²) in [5, 5.41) is 2.84. The van der Waals surface area contributed by atoms with E-state index in [1.807, 2.05) is 36.4 Å². The van der Waals surface area contributed by atoms with Gasteiger partial charge in [-0.2, -0.15) is 0 Å². The van der Waals surface area contributed by atoms with E-state index in [1.54, 1.807) is 12.1 Å². The van der Waals surface area contributed by atoms with Crippen LogP contribution in [0.4, 0.5) is 10.1 Å². The van der Waals surface area contributed by atoms with E-state index < -0.39 is 15.7 Å². The Labute approximate surface area is 179 Å². The van der Waals surface area contributed by atoms with Crippen molar-refractivity contribution >= 4 is 32.5 Å². The largest absolute Gasteiger partial charge is 0.338 e. The molecule has 0 aliphatic heterocycles. The Morgan fingerprint density at radius 3 is 2.45 bits per heavy atom. The van der Waals surface area contributed by atoms with Crippen molar-refractivity contribution in [1.29, 1.82) is 0 Å². The van der Waals surface area contributed by atoms with Crippen molar-refractivity contribution in [3.63, 3.8) is 0 Å². The Hall–Kier alpha value is -3.52. The molecule has 0 radical (unpaired) electrons. The third-order valence-electron chi connectivity index (χ3n) is 4.84. The summed E-state index contributed by atoms with van der Waals surface area (Å²) >= 11 is 0. The summed E-state index contributed by atoms with van der Waals surface area (Å²) < 4.78 is 37.7. The zero-order valence-electron chi connectivity index (χ0n) is 16.5. The van der Waals surface area contributed by atoms with E-state index in [2.05, 4.69) is 15.3 Å². The normalized spacial score (nSPS) is 11.5. The molecule has 1 aromatic heterocycles. The van der Waals surface area contributed by atoms with E-state index in [1.165, 1.54) is 12.1 Å². The number of aromatic nitrogens is 2. The molecule has 158 valence electrons. The van der Waals surface area contributed by atoms with E-state index in [-0.39, 0.29) is 29.4 Å². The number of aromatic amines is 1. The second-order valence-corrected chi connectivity index (χ2v) is 9.18. The van der Waals surface area contributed by atoms with Crippen LogP contribution in [0.3, 0.4) is 0 Å². The van der Waals surface area contributed by atoms with Crippen LogP contribution >= 0.6 is 0 Å². The van der Waals surface area contributed by atoms with Gasteiger partial charge in [-0.3, -0.25) is 4.79 Å². The molecule has 6 nitrogen and oxygen atoms in total. The fraction of sp³-hybridized carbons (Fsp3) is 0.130. The predicted molar refractivity (Wildman–Crippen MR) is 118 cm³/mol. The molecule has 1 amide bonds. The van der Waals surface area contributed by atoms with Gasteiger partial charge in [-0.15, -0.1) is 0 Å². The number of halogens is 1. The maximum absolute atomic E-state index is 13.0. The average molecular weight is 437 g/mol. The molecule has 3 aromatic carbocycles. The van der Waals surface area contributed by atoms with Crippen molar-refractivity contribution in [2.24, 2.45) is 0 Å². The number of hydrogen-bond acceptors (Lipinski definition) is 4. The zero-order chi connectivity index (χ0) is 21.8. The molecular weight excluding hydrogens is 417 g/mol. The molecule has 4 rings (SSSR count). The van der Waals surface area contributed by atoms with Crippen molar-refractivity contribution in [2.75, 3.05) is 11.1 Å². The monoisotopic (exact) mass is 437 g/mol. The minimum absolute atomic E-state index is 0.0366. The van der Waals surface area contributed by atoms with Crippen molar-refractivity contribution in [3.05, 3.63) is 78.6 Å². The number of sulfone groups is 1. The number of imidazole rings is 1. The van der Waals surface area contributed by atoms with Gasteiger partial charge in [0, 0.05) is 12.0 Å². The molecule has 0 spiro atoms. The summed E-state index contributed by atoms with van der Waals surface area (Å²) in [7, 11) is -3.57. The molecule has 0 atom stereocenters. The topological polar surface area (TPSA) is 91.9 Å². The Kier molecular flexibility index (Phi) is 5.81. The van der Waals surface area contributed by atoms with Crippen LogP contribution in [-0.2, 0) is 14.6 Å². The van der Waals surface area contributed by atoms with Gasteiger partial charge in [0.2, 0.25) is 5.91 Å². The maximum atomic E-state index is 13.0. The van der Waals surface area contributed by atoms with Gasteiger partial charge in [0.15, 0.2) is 9.84 Å². The Bertz CT molecular complexity index is 1300. The number of carbonyl (C=O) groups excluding carboxylic acids is 1. The highest BCUT2D eigenvalue weighted by molar-refractivity contribution is 7.91. The molecule has 0 bridgehead atoms. The highest BCUT2D eigenvalue weighted by Gasteiger charge is 2.16. The summed E-state index contributed by atoms with van der Waals surface area (Å²) in [6.45, 7) is 0. The molecule has 0 aliphatic carbocycles. The minimum Gasteiger partial charge on any atom is -0.338 e. The van der Waals surface area contributed by atoms with Crippen LogP contribution in [0, 0.1) is 5.82 Å². The van der Waals surface area contributed by atoms with Gasteiger partial charge in [0.25, 0.3) is 0 Å². The summed E-state index contributed by atoms with van der Waals surface area (Å²) in [6.07, 6.45) is 0.188. The summed E-state index contributed by atoms with van der Waals surface area (Å²) in [5.74, 6) is -0.354. The highest BCUT2D eigenvalue weighted by Crippen LogP contribution is 2.27. The second-order valence-electron chi connectivity index (χ2n) is 7.07. The summed E-state index contributed by atoms with van der Waals surface area (Å²) in [4.78, 5) is 20.3. The molecule has 0 unspecified atom stereocenters. The quantitative estimate of drug-likeness (QED) is 0.415. The standard InChI is InChI=1S/C23H20FN3O3S/c24-16-11-13-17(14-12-16)31(29,30)15-5-10-22(28)25-19-7-2-1-6-18(19)23-26-20-8-3-4-9-21(20)27-23/h1-4,6-9,11-14H,5,10,15H2,(H,25,28)(H,26,27). The Balaban J connectivity index is 1.42. The van der Waals surface area contributed by atoms with Gasteiger partial charge in [0.05, 0.1) is 27.4 Å². The lowest BCUT2D eigenvalue weighted by Gasteiger charge is -2.10. The first-order chi connectivity index (χ1) is 14.9. The average Bonchev–Trinajstić information content (AvgIpc) is 3.18. The maximum Gasteiger partial charge on any atom is 0.224 e. The van der Waals surface area contributed by atoms with Crippen LogP contribution in [0.1, 0.15) is 12.8 Å². The number of fused-ring (bicyclic) bond motifs is 1. The lowest BCUT2D eigenvalue weighted by atomic mass is 10.1. The van der Waals surface area contributed by atoms with Crippen molar-refractivity contribution in [3.8, 4) is 11.4 Å². The van der Waals surface area contributed by atoms with Crippen LogP contribution in [-0.4, -0.2) is 30.0 Å². The molecular formula is C23H20FN3O3S. The molecule has 2 N–H and O–H groups in total. The number of para-hydroxylation sites is 3. The first kappa shape index (κ1) is 20.7. The van der Waals surface area contributed by atoms with Gasteiger partial charge < -0.3 is 10.3 Å². The molecule has 0 saturated heterocycles. The number of anilines is 1. The van der Waals surface area contributed by atoms with Crippen LogP contribution in [0.5, 0.6) is 0 Å². The number of benzene rings is 3. The Morgan fingerprint density at radius 1 is 0.968 bits per heavy atom. The number of carbonyl (C=O) groups is 1. The van der Waals surface area contributed by atoms with E-state index in [0.717, 1.165) is 28.7 Å². The molecule has 1 heterocycles. The number of amides is 1. The van der Waals surface area contributed by atoms with E-state index >= 15 is 0 Å². The van der Waals surface area contributed by atoms with E-state index in [4.69, 9.17) is 0 Å². The zero-order valence-corrected chi connectivity index (χ0v) is 17.3. The molecule has 0 saturated carbocycles. The minimum atomic E-state index is -3.57. The lowest BCUT2D eigenvalue weighted by Crippen LogP contribution is -2.15. The van der Waals surface area contributed by atoms with Gasteiger partial charge in [-0.1, -0.05) is 24.3 Å². The van der Waals surface area contributed by atoms with Crippen molar-refractivity contribution in [1.82, 2.24) is 9.97 Å². The fourth-order valence-corrected chi connectivity index (χ4v) is 4.59. The van der Waals surface area contributed by atoms with Gasteiger partial charge in [-0.25, -0.2) is 17.8 Å². The number of H-pyrrole nitrogens is 1. The van der Waals surface area contributed by atoms with Crippen molar-refractivity contribution < 1.29 is 17.6 Å². The third-order valence-corrected chi connectivity index (χ3v) is 6.65. The van der Waals surface area contributed by atoms with Crippen LogP contribution in [0.15, 0.2) is 77.7 Å². The second kappa shape index (κ2) is 8.69.